The van der Waals surface area contributed by atoms with Crippen LogP contribution in [0.15, 0.2) is 40.8 Å². The molecule has 10 heteroatoms. The Morgan fingerprint density at radius 1 is 1.28 bits per heavy atom. The number of rotatable bonds is 7. The van der Waals surface area contributed by atoms with Crippen LogP contribution < -0.4 is 20.3 Å². The van der Waals surface area contributed by atoms with Crippen molar-refractivity contribution >= 4 is 28.1 Å². The Morgan fingerprint density at radius 3 is 2.79 bits per heavy atom. The highest BCUT2D eigenvalue weighted by Crippen LogP contribution is 2.28. The fraction of sp³-hybridized carbons (Fsp3) is 0.263. The summed E-state index contributed by atoms with van der Waals surface area (Å²) in [4.78, 5) is 42.5. The van der Waals surface area contributed by atoms with Crippen LogP contribution in [0.2, 0.25) is 0 Å². The number of hydrogen-bond acceptors (Lipinski definition) is 7. The van der Waals surface area contributed by atoms with Gasteiger partial charge in [-0.05, 0) is 17.7 Å². The lowest BCUT2D eigenvalue weighted by molar-refractivity contribution is -0.130. The first-order valence-electron chi connectivity index (χ1n) is 8.63. The van der Waals surface area contributed by atoms with E-state index in [1.807, 2.05) is 0 Å². The summed E-state index contributed by atoms with van der Waals surface area (Å²) in [6, 6.07) is 5.10. The smallest absolute Gasteiger partial charge is 0.271 e. The molecule has 0 aliphatic heterocycles. The number of nitrogens with one attached hydrogen (secondary N) is 1. The third-order valence-electron chi connectivity index (χ3n) is 4.12. The number of thiazole rings is 1. The van der Waals surface area contributed by atoms with E-state index in [0.29, 0.717) is 16.5 Å². The molecule has 0 saturated carbocycles. The summed E-state index contributed by atoms with van der Waals surface area (Å²) in [7, 11) is 4.78. The highest BCUT2D eigenvalue weighted by molar-refractivity contribution is 7.15. The third-order valence-corrected chi connectivity index (χ3v) is 4.89. The van der Waals surface area contributed by atoms with Gasteiger partial charge in [0, 0.05) is 38.4 Å². The largest absolute Gasteiger partial charge is 0.493 e. The molecule has 0 unspecified atom stereocenters. The van der Waals surface area contributed by atoms with E-state index in [-0.39, 0.29) is 24.6 Å². The van der Waals surface area contributed by atoms with Gasteiger partial charge in [-0.1, -0.05) is 6.07 Å². The van der Waals surface area contributed by atoms with E-state index in [1.165, 1.54) is 33.9 Å². The molecule has 0 atom stereocenters. The Labute approximate surface area is 170 Å². The highest BCUT2D eigenvalue weighted by atomic mass is 32.1. The van der Waals surface area contributed by atoms with Crippen molar-refractivity contribution in [3.05, 3.63) is 57.5 Å². The first kappa shape index (κ1) is 20.3. The second-order valence-electron chi connectivity index (χ2n) is 6.28. The molecule has 3 aromatic rings. The predicted molar refractivity (Wildman–Crippen MR) is 108 cm³/mol. The van der Waals surface area contributed by atoms with Gasteiger partial charge in [0.2, 0.25) is 0 Å². The standard InChI is InChI=1S/C19H20N4O5S/c1-22(2)16(24)11-28-14-5-4-12(8-15(14)27-3)9-20-17(25)13-10-21-19-23(18(13)26)6-7-29-19/h4-8,10H,9,11H2,1-3H3,(H,20,25). The normalized spacial score (nSPS) is 10.6. The minimum absolute atomic E-state index is 0.0324. The Kier molecular flexibility index (Phi) is 6.13. The van der Waals surface area contributed by atoms with Gasteiger partial charge in [0.15, 0.2) is 23.1 Å². The van der Waals surface area contributed by atoms with Crippen LogP contribution in [0.3, 0.4) is 0 Å². The van der Waals surface area contributed by atoms with Crippen LogP contribution in [0.25, 0.3) is 4.96 Å². The van der Waals surface area contributed by atoms with Gasteiger partial charge in [0.05, 0.1) is 7.11 Å². The van der Waals surface area contributed by atoms with Gasteiger partial charge in [-0.3, -0.25) is 18.8 Å². The maximum Gasteiger partial charge on any atom is 0.271 e. The molecular weight excluding hydrogens is 396 g/mol. The highest BCUT2D eigenvalue weighted by Gasteiger charge is 2.14. The van der Waals surface area contributed by atoms with Crippen molar-refractivity contribution in [1.82, 2.24) is 19.6 Å². The number of hydrogen-bond donors (Lipinski definition) is 1. The van der Waals surface area contributed by atoms with Gasteiger partial charge >= 0.3 is 0 Å². The first-order valence-corrected chi connectivity index (χ1v) is 9.51. The third kappa shape index (κ3) is 4.54. The minimum atomic E-state index is -0.515. The van der Waals surface area contributed by atoms with E-state index in [2.05, 4.69) is 10.3 Å². The van der Waals surface area contributed by atoms with Crippen molar-refractivity contribution in [2.24, 2.45) is 0 Å². The fourth-order valence-corrected chi connectivity index (χ4v) is 3.14. The minimum Gasteiger partial charge on any atom is -0.493 e. The summed E-state index contributed by atoms with van der Waals surface area (Å²) in [5, 5.41) is 4.43. The molecule has 0 aliphatic rings. The predicted octanol–water partition coefficient (Wildman–Crippen LogP) is 1.16. The summed E-state index contributed by atoms with van der Waals surface area (Å²) < 4.78 is 12.1. The van der Waals surface area contributed by atoms with Crippen LogP contribution in [-0.2, 0) is 11.3 Å². The molecule has 0 aliphatic carbocycles. The van der Waals surface area contributed by atoms with Crippen molar-refractivity contribution in [2.45, 2.75) is 6.54 Å². The molecule has 9 nitrogen and oxygen atoms in total. The van der Waals surface area contributed by atoms with E-state index in [4.69, 9.17) is 9.47 Å². The lowest BCUT2D eigenvalue weighted by Crippen LogP contribution is -2.30. The number of likely N-dealkylation sites (N-methyl/N-ethyl adjacent to an activating group) is 1. The van der Waals surface area contributed by atoms with Gasteiger partial charge in [-0.25, -0.2) is 4.98 Å². The molecule has 0 fully saturated rings. The molecule has 2 aromatic heterocycles. The molecule has 1 aromatic carbocycles. The Hall–Kier alpha value is -3.40. The molecule has 1 N–H and O–H groups in total. The molecule has 0 radical (unpaired) electrons. The Bertz CT molecular complexity index is 1110. The number of fused-ring (bicyclic) bond motifs is 1. The van der Waals surface area contributed by atoms with E-state index in [1.54, 1.807) is 43.9 Å². The van der Waals surface area contributed by atoms with Gasteiger partial charge < -0.3 is 19.7 Å². The number of nitrogens with zero attached hydrogens (tertiary/aromatic N) is 3. The van der Waals surface area contributed by atoms with Crippen LogP contribution >= 0.6 is 11.3 Å². The van der Waals surface area contributed by atoms with Crippen molar-refractivity contribution in [3.63, 3.8) is 0 Å². The fourth-order valence-electron chi connectivity index (χ4n) is 2.47. The average Bonchev–Trinajstić information content (AvgIpc) is 3.20. The molecule has 152 valence electrons. The zero-order valence-electron chi connectivity index (χ0n) is 16.2. The van der Waals surface area contributed by atoms with E-state index < -0.39 is 11.5 Å². The number of amides is 2. The summed E-state index contributed by atoms with van der Waals surface area (Å²) in [6.07, 6.45) is 2.86. The number of aromatic nitrogens is 2. The van der Waals surface area contributed by atoms with Crippen LogP contribution in [0.5, 0.6) is 11.5 Å². The van der Waals surface area contributed by atoms with Gasteiger partial charge in [0.1, 0.15) is 5.56 Å². The number of ether oxygens (including phenoxy) is 2. The molecule has 2 amide bonds. The molecule has 0 saturated heterocycles. The lowest BCUT2D eigenvalue weighted by Gasteiger charge is -2.14. The topological polar surface area (TPSA) is 102 Å². The SMILES string of the molecule is COc1cc(CNC(=O)c2cnc3sccn3c2=O)ccc1OCC(=O)N(C)C. The molecular formula is C19H20N4O5S. The number of carbonyl (C=O) groups excluding carboxylic acids is 2. The summed E-state index contributed by atoms with van der Waals surface area (Å²) in [5.74, 6) is 0.165. The van der Waals surface area contributed by atoms with E-state index in [9.17, 15) is 14.4 Å². The summed E-state index contributed by atoms with van der Waals surface area (Å²) in [6.45, 7) is 0.0688. The average molecular weight is 416 g/mol. The maximum atomic E-state index is 12.4. The lowest BCUT2D eigenvalue weighted by atomic mass is 10.2. The van der Waals surface area contributed by atoms with Gasteiger partial charge in [-0.2, -0.15) is 0 Å². The summed E-state index contributed by atoms with van der Waals surface area (Å²) >= 11 is 1.32. The quantitative estimate of drug-likeness (QED) is 0.620. The van der Waals surface area contributed by atoms with Crippen molar-refractivity contribution in [2.75, 3.05) is 27.8 Å². The summed E-state index contributed by atoms with van der Waals surface area (Å²) in [5.41, 5.74) is 0.293. The zero-order chi connectivity index (χ0) is 21.0. The molecule has 29 heavy (non-hydrogen) atoms. The molecule has 0 spiro atoms. The second kappa shape index (κ2) is 8.74. The van der Waals surface area contributed by atoms with Crippen LogP contribution in [-0.4, -0.2) is 53.9 Å². The molecule has 2 heterocycles. The Balaban J connectivity index is 1.68. The van der Waals surface area contributed by atoms with E-state index in [0.717, 1.165) is 5.56 Å². The number of methoxy groups -OCH3 is 1. The zero-order valence-corrected chi connectivity index (χ0v) is 17.0. The van der Waals surface area contributed by atoms with Crippen LogP contribution in [0.4, 0.5) is 0 Å². The van der Waals surface area contributed by atoms with Crippen LogP contribution in [0, 0.1) is 0 Å². The maximum absolute atomic E-state index is 12.4. The van der Waals surface area contributed by atoms with Crippen LogP contribution in [0.1, 0.15) is 15.9 Å². The Morgan fingerprint density at radius 2 is 2.07 bits per heavy atom. The first-order chi connectivity index (χ1) is 13.9. The number of benzene rings is 1. The van der Waals surface area contributed by atoms with Gasteiger partial charge in [-0.15, -0.1) is 11.3 Å². The molecule has 0 bridgehead atoms. The van der Waals surface area contributed by atoms with Gasteiger partial charge in [0.25, 0.3) is 17.4 Å². The monoisotopic (exact) mass is 416 g/mol. The van der Waals surface area contributed by atoms with Crippen molar-refractivity contribution in [3.8, 4) is 11.5 Å². The van der Waals surface area contributed by atoms with E-state index >= 15 is 0 Å². The molecule has 3 rings (SSSR count). The number of carbonyl (C=O) groups is 2. The van der Waals surface area contributed by atoms with Crippen molar-refractivity contribution in [1.29, 1.82) is 0 Å². The van der Waals surface area contributed by atoms with Crippen molar-refractivity contribution < 1.29 is 19.1 Å². The second-order valence-corrected chi connectivity index (χ2v) is 7.15.